The molecule has 2 aliphatic heterocycles. The Morgan fingerprint density at radius 3 is 1.74 bits per heavy atom. The van der Waals surface area contributed by atoms with Gasteiger partial charge in [-0.1, -0.05) is 109 Å². The standard InChI is InChI=1S/C39H46N4O3/c44-35(28-42-24-20-33(21-25-42)39(46,31-14-6-2-7-15-31)32-16-8-3-9-17-32)29-43-26-22-34(23-27-43)40-38(45)41-37-19-11-10-18-36(37)30-12-4-1-5-13-30/h1-19,33-35,44,46H,20-29H2,(H2,40,41,45). The molecule has 1 atom stereocenters. The molecule has 0 spiro atoms. The van der Waals surface area contributed by atoms with E-state index < -0.39 is 11.7 Å². The summed E-state index contributed by atoms with van der Waals surface area (Å²) in [6.45, 7) is 4.62. The van der Waals surface area contributed by atoms with Gasteiger partial charge in [0.05, 0.1) is 11.8 Å². The quantitative estimate of drug-likeness (QED) is 0.177. The van der Waals surface area contributed by atoms with Crippen LogP contribution in [0, 0.1) is 5.92 Å². The molecule has 7 nitrogen and oxygen atoms in total. The number of anilines is 1. The van der Waals surface area contributed by atoms with Crippen LogP contribution in [0.1, 0.15) is 36.8 Å². The maximum absolute atomic E-state index is 12.9. The topological polar surface area (TPSA) is 88.1 Å². The molecular weight excluding hydrogens is 572 g/mol. The van der Waals surface area contributed by atoms with Crippen molar-refractivity contribution in [1.82, 2.24) is 15.1 Å². The lowest BCUT2D eigenvalue weighted by atomic mass is 9.72. The molecule has 0 saturated carbocycles. The number of benzene rings is 4. The van der Waals surface area contributed by atoms with Crippen molar-refractivity contribution in [1.29, 1.82) is 0 Å². The fourth-order valence-corrected chi connectivity index (χ4v) is 7.27. The highest BCUT2D eigenvalue weighted by Crippen LogP contribution is 2.42. The highest BCUT2D eigenvalue weighted by molar-refractivity contribution is 5.94. The van der Waals surface area contributed by atoms with Crippen molar-refractivity contribution in [2.75, 3.05) is 44.6 Å². The lowest BCUT2D eigenvalue weighted by molar-refractivity contribution is -0.0220. The van der Waals surface area contributed by atoms with E-state index in [0.717, 1.165) is 79.8 Å². The molecule has 7 heteroatoms. The Kier molecular flexibility index (Phi) is 10.5. The second-order valence-corrected chi connectivity index (χ2v) is 12.8. The van der Waals surface area contributed by atoms with Crippen molar-refractivity contribution >= 4 is 11.7 Å². The van der Waals surface area contributed by atoms with Crippen LogP contribution < -0.4 is 10.6 Å². The molecule has 4 aromatic carbocycles. The van der Waals surface area contributed by atoms with Gasteiger partial charge in [0.15, 0.2) is 0 Å². The summed E-state index contributed by atoms with van der Waals surface area (Å²) < 4.78 is 0. The van der Waals surface area contributed by atoms with Crippen molar-refractivity contribution in [3.05, 3.63) is 126 Å². The summed E-state index contributed by atoms with van der Waals surface area (Å²) in [4.78, 5) is 17.5. The molecule has 2 heterocycles. The van der Waals surface area contributed by atoms with E-state index in [1.165, 1.54) is 0 Å². The second kappa shape index (κ2) is 15.1. The van der Waals surface area contributed by atoms with Crippen LogP contribution in [-0.2, 0) is 5.60 Å². The third-order valence-corrected chi connectivity index (χ3v) is 9.73. The van der Waals surface area contributed by atoms with Crippen LogP contribution in [0.4, 0.5) is 10.5 Å². The summed E-state index contributed by atoms with van der Waals surface area (Å²) in [5.74, 6) is 0.0984. The number of hydrogen-bond donors (Lipinski definition) is 4. The van der Waals surface area contributed by atoms with Crippen LogP contribution in [0.5, 0.6) is 0 Å². The molecule has 0 radical (unpaired) electrons. The van der Waals surface area contributed by atoms with Crippen molar-refractivity contribution in [3.63, 3.8) is 0 Å². The number of nitrogens with zero attached hydrogens (tertiary/aromatic N) is 2. The predicted molar refractivity (Wildman–Crippen MR) is 185 cm³/mol. The molecule has 4 N–H and O–H groups in total. The first-order valence-corrected chi connectivity index (χ1v) is 16.7. The summed E-state index contributed by atoms with van der Waals surface area (Å²) in [5, 5.41) is 29.4. The van der Waals surface area contributed by atoms with E-state index in [1.807, 2.05) is 115 Å². The first-order chi connectivity index (χ1) is 22.5. The van der Waals surface area contributed by atoms with E-state index in [-0.39, 0.29) is 18.0 Å². The van der Waals surface area contributed by atoms with E-state index in [0.29, 0.717) is 13.1 Å². The molecule has 2 amide bonds. The van der Waals surface area contributed by atoms with E-state index >= 15 is 0 Å². The van der Waals surface area contributed by atoms with Crippen LogP contribution in [0.25, 0.3) is 11.1 Å². The molecule has 6 rings (SSSR count). The number of β-amino-alcohol motifs (C(OH)–C–C–N with tert-alkyl or cyclic N) is 1. The first kappa shape index (κ1) is 32.0. The van der Waals surface area contributed by atoms with E-state index in [9.17, 15) is 15.0 Å². The lowest BCUT2D eigenvalue weighted by Crippen LogP contribution is -2.50. The van der Waals surface area contributed by atoms with Gasteiger partial charge in [0.1, 0.15) is 5.60 Å². The van der Waals surface area contributed by atoms with Gasteiger partial charge >= 0.3 is 6.03 Å². The molecule has 2 aliphatic rings. The Morgan fingerprint density at radius 1 is 0.696 bits per heavy atom. The molecule has 1 unspecified atom stereocenters. The molecule has 0 bridgehead atoms. The Balaban J connectivity index is 0.946. The van der Waals surface area contributed by atoms with Crippen molar-refractivity contribution in [3.8, 4) is 11.1 Å². The smallest absolute Gasteiger partial charge is 0.319 e. The van der Waals surface area contributed by atoms with Gasteiger partial charge in [0, 0.05) is 37.8 Å². The van der Waals surface area contributed by atoms with Gasteiger partial charge in [-0.3, -0.25) is 0 Å². The normalized spacial score (nSPS) is 17.8. The largest absolute Gasteiger partial charge is 0.390 e. The minimum atomic E-state index is -1.03. The number of likely N-dealkylation sites (tertiary alicyclic amines) is 2. The summed E-state index contributed by atoms with van der Waals surface area (Å²) in [5.41, 5.74) is 3.69. The third kappa shape index (κ3) is 7.68. The average Bonchev–Trinajstić information content (AvgIpc) is 3.10. The number of urea groups is 1. The summed E-state index contributed by atoms with van der Waals surface area (Å²) in [6, 6.07) is 37.9. The number of para-hydroxylation sites is 1. The van der Waals surface area contributed by atoms with E-state index in [4.69, 9.17) is 0 Å². The minimum Gasteiger partial charge on any atom is -0.390 e. The maximum Gasteiger partial charge on any atom is 0.319 e. The van der Waals surface area contributed by atoms with E-state index in [2.05, 4.69) is 20.4 Å². The van der Waals surface area contributed by atoms with Gasteiger partial charge in [0.2, 0.25) is 0 Å². The number of amides is 2. The Bertz CT molecular complexity index is 1480. The zero-order chi connectivity index (χ0) is 31.8. The molecule has 4 aromatic rings. The number of carbonyl (C=O) groups is 1. The number of aliphatic hydroxyl groups excluding tert-OH is 1. The molecule has 2 saturated heterocycles. The minimum absolute atomic E-state index is 0.0984. The SMILES string of the molecule is O=C(Nc1ccccc1-c1ccccc1)NC1CCN(CC(O)CN2CCC(C(O)(c3ccccc3)c3ccccc3)CC2)CC1. The summed E-state index contributed by atoms with van der Waals surface area (Å²) in [6.07, 6.45) is 2.98. The van der Waals surface area contributed by atoms with Gasteiger partial charge in [-0.15, -0.1) is 0 Å². The number of hydrogen-bond acceptors (Lipinski definition) is 5. The first-order valence-electron chi connectivity index (χ1n) is 16.7. The zero-order valence-corrected chi connectivity index (χ0v) is 26.5. The molecule has 46 heavy (non-hydrogen) atoms. The number of rotatable bonds is 10. The lowest BCUT2D eigenvalue weighted by Gasteiger charge is -2.43. The van der Waals surface area contributed by atoms with E-state index in [1.54, 1.807) is 0 Å². The second-order valence-electron chi connectivity index (χ2n) is 12.8. The van der Waals surface area contributed by atoms with Crippen molar-refractivity contribution in [2.24, 2.45) is 5.92 Å². The monoisotopic (exact) mass is 618 g/mol. The van der Waals surface area contributed by atoms with Gasteiger partial charge in [-0.2, -0.15) is 0 Å². The molecule has 240 valence electrons. The highest BCUT2D eigenvalue weighted by atomic mass is 16.3. The van der Waals surface area contributed by atoms with Crippen LogP contribution in [-0.4, -0.2) is 77.5 Å². The van der Waals surface area contributed by atoms with Gasteiger partial charge in [0.25, 0.3) is 0 Å². The summed E-state index contributed by atoms with van der Waals surface area (Å²) >= 11 is 0. The Morgan fingerprint density at radius 2 is 1.17 bits per heavy atom. The van der Waals surface area contributed by atoms with Crippen molar-refractivity contribution < 1.29 is 15.0 Å². The molecule has 2 fully saturated rings. The number of carbonyl (C=O) groups excluding carboxylic acids is 1. The summed E-state index contributed by atoms with van der Waals surface area (Å²) in [7, 11) is 0. The molecular formula is C39H46N4O3. The van der Waals surface area contributed by atoms with Gasteiger partial charge < -0.3 is 30.6 Å². The van der Waals surface area contributed by atoms with Crippen LogP contribution in [0.2, 0.25) is 0 Å². The number of aliphatic hydroxyl groups is 2. The fraction of sp³-hybridized carbons (Fsp3) is 0.359. The van der Waals surface area contributed by atoms with Crippen molar-refractivity contribution in [2.45, 2.75) is 43.4 Å². The fourth-order valence-electron chi connectivity index (χ4n) is 7.27. The third-order valence-electron chi connectivity index (χ3n) is 9.73. The van der Waals surface area contributed by atoms with Crippen LogP contribution in [0.3, 0.4) is 0 Å². The zero-order valence-electron chi connectivity index (χ0n) is 26.5. The maximum atomic E-state index is 12.9. The molecule has 0 aliphatic carbocycles. The average molecular weight is 619 g/mol. The van der Waals surface area contributed by atoms with Gasteiger partial charge in [-0.25, -0.2) is 4.79 Å². The van der Waals surface area contributed by atoms with Gasteiger partial charge in [-0.05, 0) is 67.4 Å². The molecule has 0 aromatic heterocycles. The Hall–Kier alpha value is -4.01. The van der Waals surface area contributed by atoms with Crippen LogP contribution >= 0.6 is 0 Å². The highest BCUT2D eigenvalue weighted by Gasteiger charge is 2.41. The number of piperidine rings is 2. The predicted octanol–water partition coefficient (Wildman–Crippen LogP) is 5.95. The van der Waals surface area contributed by atoms with Crippen LogP contribution in [0.15, 0.2) is 115 Å². The number of nitrogens with one attached hydrogen (secondary N) is 2. The Labute approximate surface area is 272 Å².